The van der Waals surface area contributed by atoms with Gasteiger partial charge in [0.2, 0.25) is 0 Å². The van der Waals surface area contributed by atoms with E-state index in [9.17, 15) is 4.79 Å². The molecule has 5 nitrogen and oxygen atoms in total. The maximum Gasteiger partial charge on any atom is 0.269 e. The normalized spacial score (nSPS) is 10.9. The lowest BCUT2D eigenvalue weighted by atomic mass is 10.1. The number of hydrogen-bond donors (Lipinski definition) is 2. The molecule has 0 saturated carbocycles. The van der Waals surface area contributed by atoms with E-state index in [0.717, 1.165) is 15.6 Å². The maximum atomic E-state index is 12.3. The van der Waals surface area contributed by atoms with Crippen LogP contribution >= 0.6 is 11.3 Å². The molecule has 6 heteroatoms. The van der Waals surface area contributed by atoms with Gasteiger partial charge in [-0.05, 0) is 18.6 Å². The van der Waals surface area contributed by atoms with E-state index in [4.69, 9.17) is 5.73 Å². The fraction of sp³-hybridized carbons (Fsp3) is 0.143. The van der Waals surface area contributed by atoms with Crippen molar-refractivity contribution < 1.29 is 4.79 Å². The van der Waals surface area contributed by atoms with Gasteiger partial charge in [-0.2, -0.15) is 5.10 Å². The van der Waals surface area contributed by atoms with Crippen molar-refractivity contribution in [2.75, 3.05) is 11.1 Å². The van der Waals surface area contributed by atoms with Crippen LogP contribution in [0.15, 0.2) is 30.5 Å². The van der Waals surface area contributed by atoms with Crippen molar-refractivity contribution in [1.29, 1.82) is 0 Å². The van der Waals surface area contributed by atoms with E-state index in [2.05, 4.69) is 10.4 Å². The first-order valence-electron chi connectivity index (χ1n) is 6.14. The van der Waals surface area contributed by atoms with E-state index in [0.29, 0.717) is 16.4 Å². The second-order valence-electron chi connectivity index (χ2n) is 4.67. The largest absolute Gasteiger partial charge is 0.397 e. The molecule has 0 saturated heterocycles. The Morgan fingerprint density at radius 3 is 2.90 bits per heavy atom. The number of nitrogens with two attached hydrogens (primary N) is 1. The zero-order valence-electron chi connectivity index (χ0n) is 11.2. The first kappa shape index (κ1) is 12.7. The van der Waals surface area contributed by atoms with Gasteiger partial charge in [-0.15, -0.1) is 11.3 Å². The van der Waals surface area contributed by atoms with E-state index in [1.807, 2.05) is 25.1 Å². The van der Waals surface area contributed by atoms with Gasteiger partial charge in [0.1, 0.15) is 4.88 Å². The number of nitrogens with zero attached hydrogens (tertiary/aromatic N) is 2. The number of hydrogen-bond acceptors (Lipinski definition) is 4. The standard InChI is InChI=1S/C14H14N4OS/c1-8-3-4-9-10(7-8)20-13(12(9)15)14(19)16-11-5-6-18(2)17-11/h3-7H,15H2,1-2H3,(H,16,17,19). The highest BCUT2D eigenvalue weighted by atomic mass is 32.1. The summed E-state index contributed by atoms with van der Waals surface area (Å²) in [6.07, 6.45) is 1.77. The molecule has 2 heterocycles. The predicted molar refractivity (Wildman–Crippen MR) is 82.1 cm³/mol. The second-order valence-corrected chi connectivity index (χ2v) is 5.73. The molecule has 0 fully saturated rings. The number of nitrogens with one attached hydrogen (secondary N) is 1. The fourth-order valence-corrected chi connectivity index (χ4v) is 3.16. The summed E-state index contributed by atoms with van der Waals surface area (Å²) in [6.45, 7) is 2.02. The summed E-state index contributed by atoms with van der Waals surface area (Å²) in [5.41, 5.74) is 7.75. The number of carbonyl (C=O) groups is 1. The number of anilines is 2. The van der Waals surface area contributed by atoms with Crippen LogP contribution in [-0.2, 0) is 7.05 Å². The van der Waals surface area contributed by atoms with Gasteiger partial charge in [-0.3, -0.25) is 9.48 Å². The summed E-state index contributed by atoms with van der Waals surface area (Å²) in [7, 11) is 1.80. The van der Waals surface area contributed by atoms with E-state index in [-0.39, 0.29) is 5.91 Å². The highest BCUT2D eigenvalue weighted by molar-refractivity contribution is 7.21. The highest BCUT2D eigenvalue weighted by Crippen LogP contribution is 2.34. The molecular formula is C14H14N4OS. The van der Waals surface area contributed by atoms with E-state index in [1.165, 1.54) is 11.3 Å². The summed E-state index contributed by atoms with van der Waals surface area (Å²) in [4.78, 5) is 12.8. The minimum atomic E-state index is -0.222. The fourth-order valence-electron chi connectivity index (χ4n) is 2.05. The first-order chi connectivity index (χ1) is 9.54. The molecule has 0 aliphatic rings. The Kier molecular flexibility index (Phi) is 2.94. The average molecular weight is 286 g/mol. The number of rotatable bonds is 2. The van der Waals surface area contributed by atoms with E-state index < -0.39 is 0 Å². The van der Waals surface area contributed by atoms with Crippen LogP contribution in [0.2, 0.25) is 0 Å². The summed E-state index contributed by atoms with van der Waals surface area (Å²) in [5, 5.41) is 7.80. The molecule has 0 spiro atoms. The molecule has 1 aromatic carbocycles. The van der Waals surface area contributed by atoms with Gasteiger partial charge in [0.05, 0.1) is 5.69 Å². The Balaban J connectivity index is 1.97. The van der Waals surface area contributed by atoms with Crippen molar-refractivity contribution in [3.05, 3.63) is 40.9 Å². The van der Waals surface area contributed by atoms with Crippen LogP contribution in [0.25, 0.3) is 10.1 Å². The number of thiophene rings is 1. The van der Waals surface area contributed by atoms with Crippen molar-refractivity contribution in [2.45, 2.75) is 6.92 Å². The van der Waals surface area contributed by atoms with Gasteiger partial charge in [0.15, 0.2) is 5.82 Å². The molecule has 2 aromatic heterocycles. The molecule has 0 bridgehead atoms. The first-order valence-corrected chi connectivity index (χ1v) is 6.96. The van der Waals surface area contributed by atoms with Crippen molar-refractivity contribution in [3.8, 4) is 0 Å². The van der Waals surface area contributed by atoms with Gasteiger partial charge >= 0.3 is 0 Å². The molecular weight excluding hydrogens is 272 g/mol. The van der Waals surface area contributed by atoms with Gasteiger partial charge < -0.3 is 11.1 Å². The summed E-state index contributed by atoms with van der Waals surface area (Å²) in [6, 6.07) is 7.72. The molecule has 3 N–H and O–H groups in total. The molecule has 0 radical (unpaired) electrons. The Bertz CT molecular complexity index is 803. The van der Waals surface area contributed by atoms with Gasteiger partial charge in [-0.25, -0.2) is 0 Å². The summed E-state index contributed by atoms with van der Waals surface area (Å²) >= 11 is 1.40. The van der Waals surface area contributed by atoms with Crippen LogP contribution in [0, 0.1) is 6.92 Å². The van der Waals surface area contributed by atoms with Crippen LogP contribution in [0.3, 0.4) is 0 Å². The smallest absolute Gasteiger partial charge is 0.269 e. The molecule has 3 aromatic rings. The van der Waals surface area contributed by atoms with Crippen LogP contribution < -0.4 is 11.1 Å². The van der Waals surface area contributed by atoms with Crippen molar-refractivity contribution in [1.82, 2.24) is 9.78 Å². The molecule has 0 unspecified atom stereocenters. The molecule has 0 atom stereocenters. The number of aromatic nitrogens is 2. The number of fused-ring (bicyclic) bond motifs is 1. The Morgan fingerprint density at radius 1 is 1.40 bits per heavy atom. The Morgan fingerprint density at radius 2 is 2.20 bits per heavy atom. The molecule has 20 heavy (non-hydrogen) atoms. The lowest BCUT2D eigenvalue weighted by Gasteiger charge is -2.00. The average Bonchev–Trinajstić information content (AvgIpc) is 2.94. The molecule has 102 valence electrons. The minimum absolute atomic E-state index is 0.222. The van der Waals surface area contributed by atoms with Crippen molar-refractivity contribution in [3.63, 3.8) is 0 Å². The summed E-state index contributed by atoms with van der Waals surface area (Å²) < 4.78 is 2.65. The topological polar surface area (TPSA) is 72.9 Å². The zero-order valence-corrected chi connectivity index (χ0v) is 12.0. The predicted octanol–water partition coefficient (Wildman–Crippen LogP) is 2.78. The molecule has 0 aliphatic carbocycles. The number of aryl methyl sites for hydroxylation is 2. The zero-order chi connectivity index (χ0) is 14.3. The Hall–Kier alpha value is -2.34. The number of amides is 1. The minimum Gasteiger partial charge on any atom is -0.397 e. The maximum absolute atomic E-state index is 12.3. The number of nitrogen functional groups attached to an aromatic ring is 1. The quantitative estimate of drug-likeness (QED) is 0.760. The molecule has 0 aliphatic heterocycles. The number of carbonyl (C=O) groups excluding carboxylic acids is 1. The third-order valence-electron chi connectivity index (χ3n) is 3.05. The van der Waals surface area contributed by atoms with Gasteiger partial charge in [0, 0.05) is 29.4 Å². The van der Waals surface area contributed by atoms with Crippen LogP contribution in [0.4, 0.5) is 11.5 Å². The van der Waals surface area contributed by atoms with Crippen molar-refractivity contribution >= 4 is 38.8 Å². The third kappa shape index (κ3) is 2.14. The SMILES string of the molecule is Cc1ccc2c(N)c(C(=O)Nc3ccn(C)n3)sc2c1. The van der Waals surface area contributed by atoms with Gasteiger partial charge in [0.25, 0.3) is 5.91 Å². The van der Waals surface area contributed by atoms with Gasteiger partial charge in [-0.1, -0.05) is 12.1 Å². The molecule has 3 rings (SSSR count). The molecule has 1 amide bonds. The van der Waals surface area contributed by atoms with Crippen LogP contribution in [-0.4, -0.2) is 15.7 Å². The van der Waals surface area contributed by atoms with Crippen molar-refractivity contribution in [2.24, 2.45) is 7.05 Å². The third-order valence-corrected chi connectivity index (χ3v) is 4.21. The van der Waals surface area contributed by atoms with E-state index >= 15 is 0 Å². The monoisotopic (exact) mass is 286 g/mol. The highest BCUT2D eigenvalue weighted by Gasteiger charge is 2.17. The number of benzene rings is 1. The summed E-state index contributed by atoms with van der Waals surface area (Å²) in [5.74, 6) is 0.297. The second kappa shape index (κ2) is 4.64. The van der Waals surface area contributed by atoms with E-state index in [1.54, 1.807) is 24.0 Å². The van der Waals surface area contributed by atoms with Crippen LogP contribution in [0.1, 0.15) is 15.2 Å². The van der Waals surface area contributed by atoms with Crippen LogP contribution in [0.5, 0.6) is 0 Å². The lowest BCUT2D eigenvalue weighted by molar-refractivity contribution is 0.103. The lowest BCUT2D eigenvalue weighted by Crippen LogP contribution is -2.12. The Labute approximate surface area is 120 Å².